The second kappa shape index (κ2) is 8.18. The zero-order chi connectivity index (χ0) is 15.1. The fraction of sp³-hybridized carbons (Fsp3) is 0.611. The lowest BCUT2D eigenvalue weighted by molar-refractivity contribution is -0.121. The molecule has 21 heavy (non-hydrogen) atoms. The molecule has 1 aromatic carbocycles. The predicted molar refractivity (Wildman–Crippen MR) is 87.3 cm³/mol. The summed E-state index contributed by atoms with van der Waals surface area (Å²) in [7, 11) is 0. The Bertz CT molecular complexity index is 433. The first kappa shape index (κ1) is 16.0. The molecular formula is C18H28N2O. The zero-order valence-electron chi connectivity index (χ0n) is 13.3. The molecule has 1 aliphatic heterocycles. The molecule has 0 radical (unpaired) electrons. The first-order chi connectivity index (χ1) is 10.1. The van der Waals surface area contributed by atoms with Gasteiger partial charge in [-0.05, 0) is 55.3 Å². The summed E-state index contributed by atoms with van der Waals surface area (Å²) in [5.41, 5.74) is 2.63. The van der Waals surface area contributed by atoms with E-state index in [0.29, 0.717) is 18.3 Å². The highest BCUT2D eigenvalue weighted by Gasteiger charge is 2.14. The molecule has 116 valence electrons. The highest BCUT2D eigenvalue weighted by atomic mass is 16.1. The topological polar surface area (TPSA) is 41.1 Å². The van der Waals surface area contributed by atoms with Crippen molar-refractivity contribution in [2.75, 3.05) is 19.6 Å². The van der Waals surface area contributed by atoms with E-state index >= 15 is 0 Å². The monoisotopic (exact) mass is 288 g/mol. The average molecular weight is 288 g/mol. The van der Waals surface area contributed by atoms with Gasteiger partial charge in [-0.2, -0.15) is 0 Å². The van der Waals surface area contributed by atoms with Gasteiger partial charge in [0, 0.05) is 13.0 Å². The van der Waals surface area contributed by atoms with Gasteiger partial charge in [0.25, 0.3) is 0 Å². The molecule has 0 saturated carbocycles. The van der Waals surface area contributed by atoms with Gasteiger partial charge in [0.15, 0.2) is 0 Å². The molecule has 0 aromatic heterocycles. The highest BCUT2D eigenvalue weighted by Crippen LogP contribution is 2.11. The van der Waals surface area contributed by atoms with E-state index in [1.165, 1.54) is 17.5 Å². The van der Waals surface area contributed by atoms with E-state index in [0.717, 1.165) is 32.5 Å². The Morgan fingerprint density at radius 1 is 1.29 bits per heavy atom. The number of hydrogen-bond donors (Lipinski definition) is 2. The maximum atomic E-state index is 11.9. The number of nitrogens with one attached hydrogen (secondary N) is 2. The van der Waals surface area contributed by atoms with Crippen LogP contribution in [0.25, 0.3) is 0 Å². The van der Waals surface area contributed by atoms with Crippen molar-refractivity contribution in [1.82, 2.24) is 10.6 Å². The maximum absolute atomic E-state index is 11.9. The van der Waals surface area contributed by atoms with Crippen molar-refractivity contribution in [3.05, 3.63) is 35.4 Å². The van der Waals surface area contributed by atoms with Gasteiger partial charge in [0.05, 0.1) is 0 Å². The minimum atomic E-state index is 0.174. The zero-order valence-corrected chi connectivity index (χ0v) is 13.3. The van der Waals surface area contributed by atoms with Crippen LogP contribution in [-0.2, 0) is 17.6 Å². The first-order valence-electron chi connectivity index (χ1n) is 8.18. The van der Waals surface area contributed by atoms with Crippen molar-refractivity contribution in [2.24, 2.45) is 11.8 Å². The molecule has 1 aromatic rings. The van der Waals surface area contributed by atoms with Crippen LogP contribution in [0.15, 0.2) is 24.3 Å². The summed E-state index contributed by atoms with van der Waals surface area (Å²) in [6.07, 6.45) is 3.72. The van der Waals surface area contributed by atoms with E-state index in [1.807, 2.05) is 0 Å². The summed E-state index contributed by atoms with van der Waals surface area (Å²) in [5.74, 6) is 1.48. The lowest BCUT2D eigenvalue weighted by Crippen LogP contribution is -2.30. The van der Waals surface area contributed by atoms with Gasteiger partial charge in [-0.25, -0.2) is 0 Å². The Morgan fingerprint density at radius 2 is 2.00 bits per heavy atom. The molecule has 2 N–H and O–H groups in total. The van der Waals surface area contributed by atoms with Crippen LogP contribution in [0.4, 0.5) is 0 Å². The van der Waals surface area contributed by atoms with Crippen molar-refractivity contribution in [3.63, 3.8) is 0 Å². The second-order valence-corrected chi connectivity index (χ2v) is 6.58. The van der Waals surface area contributed by atoms with E-state index in [9.17, 15) is 4.79 Å². The first-order valence-corrected chi connectivity index (χ1v) is 8.18. The predicted octanol–water partition coefficient (Wildman–Crippen LogP) is 2.54. The fourth-order valence-electron chi connectivity index (χ4n) is 2.81. The van der Waals surface area contributed by atoms with Gasteiger partial charge in [0.1, 0.15) is 0 Å². The molecule has 0 spiro atoms. The summed E-state index contributed by atoms with van der Waals surface area (Å²) >= 11 is 0. The van der Waals surface area contributed by atoms with Crippen molar-refractivity contribution in [1.29, 1.82) is 0 Å². The molecule has 3 heteroatoms. The smallest absolute Gasteiger partial charge is 0.220 e. The summed E-state index contributed by atoms with van der Waals surface area (Å²) in [6, 6.07) is 8.70. The van der Waals surface area contributed by atoms with Gasteiger partial charge in [-0.3, -0.25) is 4.79 Å². The molecular weight excluding hydrogens is 260 g/mol. The molecule has 3 nitrogen and oxygen atoms in total. The van der Waals surface area contributed by atoms with Crippen molar-refractivity contribution < 1.29 is 4.79 Å². The lowest BCUT2D eigenvalue weighted by Gasteiger charge is -2.10. The fourth-order valence-corrected chi connectivity index (χ4v) is 2.81. The lowest BCUT2D eigenvalue weighted by atomic mass is 10.0. The molecule has 0 aliphatic carbocycles. The van der Waals surface area contributed by atoms with E-state index in [2.05, 4.69) is 48.7 Å². The second-order valence-electron chi connectivity index (χ2n) is 6.58. The number of aryl methyl sites for hydroxylation is 1. The third-order valence-electron chi connectivity index (χ3n) is 4.06. The van der Waals surface area contributed by atoms with Gasteiger partial charge in [0.2, 0.25) is 5.91 Å². The third-order valence-corrected chi connectivity index (χ3v) is 4.06. The standard InChI is InChI=1S/C18H28N2O/c1-14(2)11-16-5-3-15(4-6-16)7-8-18(21)20-13-17-9-10-19-12-17/h3-6,14,17,19H,7-13H2,1-2H3,(H,20,21). The van der Waals surface area contributed by atoms with Crippen LogP contribution in [0, 0.1) is 11.8 Å². The van der Waals surface area contributed by atoms with Crippen LogP contribution in [0.1, 0.15) is 37.8 Å². The van der Waals surface area contributed by atoms with Crippen LogP contribution >= 0.6 is 0 Å². The van der Waals surface area contributed by atoms with Crippen LogP contribution in [0.2, 0.25) is 0 Å². The molecule has 1 fully saturated rings. The Balaban J connectivity index is 1.68. The van der Waals surface area contributed by atoms with Gasteiger partial charge >= 0.3 is 0 Å². The Kier molecular flexibility index (Phi) is 6.24. The SMILES string of the molecule is CC(C)Cc1ccc(CCC(=O)NCC2CCNC2)cc1. The van der Waals surface area contributed by atoms with Crippen molar-refractivity contribution in [2.45, 2.75) is 39.5 Å². The van der Waals surface area contributed by atoms with Crippen LogP contribution < -0.4 is 10.6 Å². The van der Waals surface area contributed by atoms with Crippen molar-refractivity contribution >= 4 is 5.91 Å². The van der Waals surface area contributed by atoms with E-state index in [1.54, 1.807) is 0 Å². The largest absolute Gasteiger partial charge is 0.356 e. The van der Waals surface area contributed by atoms with E-state index in [-0.39, 0.29) is 5.91 Å². The molecule has 1 aliphatic rings. The van der Waals surface area contributed by atoms with Crippen LogP contribution in [-0.4, -0.2) is 25.5 Å². The van der Waals surface area contributed by atoms with Crippen LogP contribution in [0.3, 0.4) is 0 Å². The van der Waals surface area contributed by atoms with Gasteiger partial charge in [-0.15, -0.1) is 0 Å². The van der Waals surface area contributed by atoms with Gasteiger partial charge < -0.3 is 10.6 Å². The normalized spacial score (nSPS) is 18.1. The summed E-state index contributed by atoms with van der Waals surface area (Å²) in [5, 5.41) is 6.37. The quantitative estimate of drug-likeness (QED) is 0.809. The molecule has 0 bridgehead atoms. The average Bonchev–Trinajstić information content (AvgIpc) is 2.97. The summed E-state index contributed by atoms with van der Waals surface area (Å²) in [4.78, 5) is 11.9. The molecule has 1 unspecified atom stereocenters. The maximum Gasteiger partial charge on any atom is 0.220 e. The summed E-state index contributed by atoms with van der Waals surface area (Å²) in [6.45, 7) is 7.41. The number of carbonyl (C=O) groups is 1. The minimum Gasteiger partial charge on any atom is -0.356 e. The van der Waals surface area contributed by atoms with E-state index < -0.39 is 0 Å². The number of rotatable bonds is 7. The minimum absolute atomic E-state index is 0.174. The number of carbonyl (C=O) groups excluding carboxylic acids is 1. The Labute approximate surface area is 128 Å². The number of hydrogen-bond acceptors (Lipinski definition) is 2. The van der Waals surface area contributed by atoms with Crippen LogP contribution in [0.5, 0.6) is 0 Å². The summed E-state index contributed by atoms with van der Waals surface area (Å²) < 4.78 is 0. The Hall–Kier alpha value is -1.35. The molecule has 1 amide bonds. The highest BCUT2D eigenvalue weighted by molar-refractivity contribution is 5.76. The number of benzene rings is 1. The molecule has 2 rings (SSSR count). The molecule has 1 atom stereocenters. The molecule has 1 heterocycles. The molecule has 1 saturated heterocycles. The van der Waals surface area contributed by atoms with Crippen molar-refractivity contribution in [3.8, 4) is 0 Å². The Morgan fingerprint density at radius 3 is 2.62 bits per heavy atom. The number of amides is 1. The van der Waals surface area contributed by atoms with Gasteiger partial charge in [-0.1, -0.05) is 38.1 Å². The third kappa shape index (κ3) is 5.88. The van der Waals surface area contributed by atoms with E-state index in [4.69, 9.17) is 0 Å².